The number of rotatable bonds is 9. The summed E-state index contributed by atoms with van der Waals surface area (Å²) in [4.78, 5) is 44.4. The van der Waals surface area contributed by atoms with Crippen LogP contribution in [-0.4, -0.2) is 55.2 Å². The zero-order valence-electron chi connectivity index (χ0n) is 24.8. The Morgan fingerprint density at radius 1 is 0.867 bits per heavy atom. The molecule has 0 atom stereocenters. The molecule has 1 aromatic heterocycles. The first kappa shape index (κ1) is 34.7. The van der Waals surface area contributed by atoms with Gasteiger partial charge in [-0.05, 0) is 50.6 Å². The summed E-state index contributed by atoms with van der Waals surface area (Å²) in [5.74, 6) is -2.30. The van der Waals surface area contributed by atoms with Crippen molar-refractivity contribution >= 4 is 35.0 Å². The Kier molecular flexibility index (Phi) is 10.4. The second-order valence-corrected chi connectivity index (χ2v) is 11.0. The largest absolute Gasteiger partial charge is 0.483 e. The molecule has 0 saturated carbocycles. The summed E-state index contributed by atoms with van der Waals surface area (Å²) < 4.78 is 89.2. The van der Waals surface area contributed by atoms with Gasteiger partial charge in [-0.1, -0.05) is 18.2 Å². The summed E-state index contributed by atoms with van der Waals surface area (Å²) in [5.41, 5.74) is -2.52. The maximum absolute atomic E-state index is 13.8. The summed E-state index contributed by atoms with van der Waals surface area (Å²) >= 11 is 0. The van der Waals surface area contributed by atoms with E-state index in [0.29, 0.717) is 29.1 Å². The Morgan fingerprint density at radius 3 is 2.09 bits per heavy atom. The highest BCUT2D eigenvalue weighted by molar-refractivity contribution is 6.12. The van der Waals surface area contributed by atoms with E-state index in [1.807, 2.05) is 14.1 Å². The first-order valence-electron chi connectivity index (χ1n) is 13.2. The molecule has 1 heterocycles. The summed E-state index contributed by atoms with van der Waals surface area (Å²) in [6.45, 7) is 2.43. The van der Waals surface area contributed by atoms with E-state index in [1.54, 1.807) is 35.4 Å². The zero-order valence-corrected chi connectivity index (χ0v) is 24.8. The number of carbonyl (C=O) groups is 3. The Balaban J connectivity index is 1.90. The first-order chi connectivity index (χ1) is 20.7. The maximum atomic E-state index is 13.8. The quantitative estimate of drug-likeness (QED) is 0.143. The van der Waals surface area contributed by atoms with Gasteiger partial charge < -0.3 is 19.7 Å². The van der Waals surface area contributed by atoms with Crippen LogP contribution in [0, 0.1) is 0 Å². The van der Waals surface area contributed by atoms with Crippen LogP contribution in [0.25, 0.3) is 11.1 Å². The number of alkyl halides is 6. The molecule has 9 nitrogen and oxygen atoms in total. The molecule has 2 aromatic carbocycles. The number of Topliss-reactive ketones (excluding diaryl/α,β-unsaturated/α-hetero) is 1. The predicted octanol–water partition coefficient (Wildman–Crippen LogP) is 7.33. The lowest BCUT2D eigenvalue weighted by Crippen LogP contribution is -2.28. The highest BCUT2D eigenvalue weighted by atomic mass is 19.4. The van der Waals surface area contributed by atoms with E-state index in [0.717, 1.165) is 0 Å². The van der Waals surface area contributed by atoms with Gasteiger partial charge in [0.2, 0.25) is 5.91 Å². The van der Waals surface area contributed by atoms with Crippen LogP contribution >= 0.6 is 0 Å². The molecule has 0 spiro atoms. The van der Waals surface area contributed by atoms with Gasteiger partial charge in [-0.3, -0.25) is 14.9 Å². The van der Waals surface area contributed by atoms with Crippen molar-refractivity contribution in [1.29, 1.82) is 0 Å². The molecule has 2 N–H and O–H groups in total. The van der Waals surface area contributed by atoms with Crippen molar-refractivity contribution < 1.29 is 50.2 Å². The van der Waals surface area contributed by atoms with Crippen LogP contribution in [0.2, 0.25) is 0 Å². The van der Waals surface area contributed by atoms with Crippen LogP contribution in [-0.2, 0) is 15.7 Å². The Labute approximate surface area is 254 Å². The van der Waals surface area contributed by atoms with Crippen molar-refractivity contribution in [2.75, 3.05) is 36.2 Å². The van der Waals surface area contributed by atoms with Gasteiger partial charge in [-0.15, -0.1) is 0 Å². The first-order valence-corrected chi connectivity index (χ1v) is 13.2. The number of ketones is 1. The molecule has 3 aromatic rings. The number of nitrogens with one attached hydrogen (secondary N) is 2. The lowest BCUT2D eigenvalue weighted by atomic mass is 10.0. The number of carbonyl (C=O) groups excluding carboxylic acids is 3. The van der Waals surface area contributed by atoms with Crippen molar-refractivity contribution in [2.45, 2.75) is 45.1 Å². The Hall–Kier alpha value is -4.82. The number of aromatic nitrogens is 1. The fraction of sp³-hybridized carbons (Fsp3) is 0.333. The van der Waals surface area contributed by atoms with Gasteiger partial charge in [0.1, 0.15) is 17.2 Å². The Bertz CT molecular complexity index is 1550. The second kappa shape index (κ2) is 13.4. The molecule has 2 amide bonds. The number of hydrogen-bond acceptors (Lipinski definition) is 7. The van der Waals surface area contributed by atoms with Gasteiger partial charge in [0.15, 0.2) is 12.4 Å². The molecular weight excluding hydrogens is 610 g/mol. The van der Waals surface area contributed by atoms with Crippen molar-refractivity contribution in [3.8, 4) is 16.9 Å². The summed E-state index contributed by atoms with van der Waals surface area (Å²) in [6, 6.07) is 10.6. The van der Waals surface area contributed by atoms with Gasteiger partial charge in [-0.2, -0.15) is 26.3 Å². The van der Waals surface area contributed by atoms with E-state index in [9.17, 15) is 40.7 Å². The van der Waals surface area contributed by atoms with E-state index >= 15 is 0 Å². The molecule has 0 fully saturated rings. The van der Waals surface area contributed by atoms with Crippen molar-refractivity contribution in [3.63, 3.8) is 0 Å². The topological polar surface area (TPSA) is 110 Å². The number of hydrogen-bond donors (Lipinski definition) is 2. The molecule has 242 valence electrons. The minimum atomic E-state index is -5.22. The third-order valence-electron chi connectivity index (χ3n) is 5.77. The van der Waals surface area contributed by atoms with Gasteiger partial charge in [-0.25, -0.2) is 9.78 Å². The third kappa shape index (κ3) is 10.4. The summed E-state index contributed by atoms with van der Waals surface area (Å²) in [5, 5.41) is 4.24. The number of benzene rings is 2. The number of ether oxygens (including phenoxy) is 2. The maximum Gasteiger partial charge on any atom is 0.422 e. The fourth-order valence-corrected chi connectivity index (χ4v) is 3.84. The number of nitrogens with zero attached hydrogens (tertiary/aromatic N) is 2. The molecule has 0 unspecified atom stereocenters. The summed E-state index contributed by atoms with van der Waals surface area (Å²) in [7, 11) is 3.64. The van der Waals surface area contributed by atoms with E-state index < -0.39 is 71.5 Å². The monoisotopic (exact) mass is 640 g/mol. The van der Waals surface area contributed by atoms with Crippen LogP contribution in [0.4, 0.5) is 48.3 Å². The van der Waals surface area contributed by atoms with Crippen LogP contribution < -0.4 is 20.3 Å². The molecule has 0 saturated heterocycles. The number of halogens is 6. The average molecular weight is 641 g/mol. The van der Waals surface area contributed by atoms with Gasteiger partial charge in [0.05, 0.1) is 23.4 Å². The third-order valence-corrected chi connectivity index (χ3v) is 5.77. The second-order valence-electron chi connectivity index (χ2n) is 11.0. The molecule has 0 aliphatic carbocycles. The lowest BCUT2D eigenvalue weighted by molar-refractivity contribution is -0.158. The smallest absolute Gasteiger partial charge is 0.422 e. The van der Waals surface area contributed by atoms with Crippen molar-refractivity contribution in [1.82, 2.24) is 4.98 Å². The van der Waals surface area contributed by atoms with E-state index in [-0.39, 0.29) is 5.56 Å². The SMILES string of the molecule is CN(C)c1ccc(-c2cccc(C(=O)CC(=O)Nc3cc(C(F)(F)F)c(OCC(F)(F)F)cc3NC(=O)OC(C)(C)C)c2)cn1. The van der Waals surface area contributed by atoms with Crippen LogP contribution in [0.3, 0.4) is 0 Å². The van der Waals surface area contributed by atoms with E-state index in [2.05, 4.69) is 20.4 Å². The molecule has 0 radical (unpaired) electrons. The van der Waals surface area contributed by atoms with E-state index in [1.165, 1.54) is 32.9 Å². The Morgan fingerprint density at radius 2 is 1.53 bits per heavy atom. The van der Waals surface area contributed by atoms with Gasteiger partial charge in [0.25, 0.3) is 0 Å². The molecule has 15 heteroatoms. The molecule has 0 bridgehead atoms. The van der Waals surface area contributed by atoms with Gasteiger partial charge in [0, 0.05) is 37.5 Å². The fourth-order valence-electron chi connectivity index (χ4n) is 3.84. The zero-order chi connectivity index (χ0) is 33.7. The molecule has 0 aliphatic heterocycles. The highest BCUT2D eigenvalue weighted by Gasteiger charge is 2.38. The van der Waals surface area contributed by atoms with Gasteiger partial charge >= 0.3 is 18.4 Å². The van der Waals surface area contributed by atoms with Crippen LogP contribution in [0.1, 0.15) is 43.1 Å². The minimum absolute atomic E-state index is 0.123. The molecule has 45 heavy (non-hydrogen) atoms. The van der Waals surface area contributed by atoms with E-state index in [4.69, 9.17) is 4.74 Å². The molecule has 3 rings (SSSR count). The standard InChI is InChI=1S/C30H30F6N4O5/c1-28(2,3)45-27(43)39-22-13-24(44-16-29(31,32)33)20(30(34,35)36)12-21(22)38-26(42)14-23(41)18-8-6-7-17(11-18)19-9-10-25(37-15-19)40(4)5/h6-13,15H,14,16H2,1-5H3,(H,38,42)(H,39,43). The number of anilines is 3. The molecular formula is C30H30F6N4O5. The summed E-state index contributed by atoms with van der Waals surface area (Å²) in [6.07, 6.45) is -10.6. The van der Waals surface area contributed by atoms with Crippen LogP contribution in [0.15, 0.2) is 54.7 Å². The minimum Gasteiger partial charge on any atom is -0.483 e. The van der Waals surface area contributed by atoms with Crippen molar-refractivity contribution in [2.24, 2.45) is 0 Å². The highest BCUT2D eigenvalue weighted by Crippen LogP contribution is 2.42. The number of amides is 2. The van der Waals surface area contributed by atoms with Crippen LogP contribution in [0.5, 0.6) is 5.75 Å². The predicted molar refractivity (Wildman–Crippen MR) is 154 cm³/mol. The van der Waals surface area contributed by atoms with Crippen molar-refractivity contribution in [3.05, 3.63) is 65.9 Å². The number of pyridine rings is 1. The lowest BCUT2D eigenvalue weighted by Gasteiger charge is -2.22. The average Bonchev–Trinajstić information content (AvgIpc) is 2.91. The molecule has 0 aliphatic rings. The normalized spacial score (nSPS) is 11.9.